The zero-order chi connectivity index (χ0) is 14.7. The summed E-state index contributed by atoms with van der Waals surface area (Å²) in [6.45, 7) is 0.842. The minimum Gasteiger partial charge on any atom is -0.328 e. The minimum absolute atomic E-state index is 0.0339. The number of benzene rings is 1. The molecule has 0 radical (unpaired) electrons. The molecule has 2 unspecified atom stereocenters. The molecule has 3 aromatic rings. The molecule has 5 heteroatoms. The monoisotopic (exact) mass is 290 g/mol. The Hall–Kier alpha value is -2.69. The molecule has 0 aliphatic carbocycles. The van der Waals surface area contributed by atoms with Crippen LogP contribution in [0.1, 0.15) is 28.6 Å². The number of imidazole rings is 2. The maximum atomic E-state index is 12.9. The number of carbonyl (C=O) groups excluding carboxylic acids is 1. The Bertz CT molecular complexity index is 891. The molecule has 5 nitrogen and oxygen atoms in total. The first kappa shape index (κ1) is 11.9. The highest BCUT2D eigenvalue weighted by molar-refractivity contribution is 5.96. The number of ketones is 1. The van der Waals surface area contributed by atoms with Gasteiger partial charge in [0.05, 0.1) is 30.2 Å². The van der Waals surface area contributed by atoms with Crippen LogP contribution in [0, 0.1) is 5.92 Å². The van der Waals surface area contributed by atoms with Gasteiger partial charge in [0.2, 0.25) is 5.78 Å². The van der Waals surface area contributed by atoms with Crippen LogP contribution in [0.3, 0.4) is 0 Å². The standard InChI is InChI=1S/C17H14N4O/c22-16-13(5-7-20-8-6-19-17(16)20)15-12-4-2-1-3-11(12)14-9-18-10-21(14)15/h1-4,6,8-10,13,15H,5,7H2. The maximum Gasteiger partial charge on any atom is 0.203 e. The Labute approximate surface area is 127 Å². The van der Waals surface area contributed by atoms with Crippen molar-refractivity contribution in [1.29, 1.82) is 0 Å². The number of hydrogen-bond acceptors (Lipinski definition) is 3. The summed E-state index contributed by atoms with van der Waals surface area (Å²) in [6.07, 6.45) is 8.15. The van der Waals surface area contributed by atoms with Crippen molar-refractivity contribution >= 4 is 5.78 Å². The largest absolute Gasteiger partial charge is 0.328 e. The SMILES string of the molecule is O=C1c2nccn2CCC1C1c2ccccc2-c2cncn21. The summed E-state index contributed by atoms with van der Waals surface area (Å²) in [5, 5.41) is 0. The third-order valence-electron chi connectivity index (χ3n) is 4.86. The minimum atomic E-state index is -0.0773. The van der Waals surface area contributed by atoms with Crippen LogP contribution in [-0.4, -0.2) is 24.9 Å². The van der Waals surface area contributed by atoms with Crippen molar-refractivity contribution in [3.8, 4) is 11.3 Å². The van der Waals surface area contributed by atoms with E-state index in [1.807, 2.05) is 35.4 Å². The van der Waals surface area contributed by atoms with Gasteiger partial charge in [-0.05, 0) is 12.0 Å². The Morgan fingerprint density at radius 3 is 3.09 bits per heavy atom. The first-order valence-corrected chi connectivity index (χ1v) is 7.51. The van der Waals surface area contributed by atoms with Crippen molar-refractivity contribution in [1.82, 2.24) is 19.1 Å². The second-order valence-corrected chi connectivity index (χ2v) is 5.92. The van der Waals surface area contributed by atoms with Crippen LogP contribution >= 0.6 is 0 Å². The molecule has 4 heterocycles. The maximum absolute atomic E-state index is 12.9. The highest BCUT2D eigenvalue weighted by atomic mass is 16.1. The van der Waals surface area contributed by atoms with Crippen LogP contribution in [0.25, 0.3) is 11.3 Å². The molecule has 0 saturated heterocycles. The van der Waals surface area contributed by atoms with Crippen LogP contribution in [0.15, 0.2) is 49.2 Å². The molecule has 2 atom stereocenters. The Balaban J connectivity index is 1.66. The summed E-state index contributed by atoms with van der Waals surface area (Å²) in [4.78, 5) is 21.4. The van der Waals surface area contributed by atoms with Gasteiger partial charge < -0.3 is 9.13 Å². The van der Waals surface area contributed by atoms with Gasteiger partial charge in [-0.25, -0.2) is 9.97 Å². The molecule has 1 aromatic carbocycles. The lowest BCUT2D eigenvalue weighted by Crippen LogP contribution is -2.33. The van der Waals surface area contributed by atoms with Gasteiger partial charge in [-0.2, -0.15) is 0 Å². The second kappa shape index (κ2) is 4.16. The molecule has 2 aliphatic heterocycles. The summed E-state index contributed by atoms with van der Waals surface area (Å²) in [5.74, 6) is 0.645. The molecular weight excluding hydrogens is 276 g/mol. The Morgan fingerprint density at radius 2 is 2.14 bits per heavy atom. The first-order valence-electron chi connectivity index (χ1n) is 7.51. The van der Waals surface area contributed by atoms with E-state index >= 15 is 0 Å². The van der Waals surface area contributed by atoms with E-state index in [2.05, 4.69) is 26.7 Å². The van der Waals surface area contributed by atoms with Crippen LogP contribution in [-0.2, 0) is 6.54 Å². The van der Waals surface area contributed by atoms with E-state index in [4.69, 9.17) is 0 Å². The molecule has 0 amide bonds. The Morgan fingerprint density at radius 1 is 1.23 bits per heavy atom. The number of nitrogens with zero attached hydrogens (tertiary/aromatic N) is 4. The zero-order valence-electron chi connectivity index (χ0n) is 11.9. The van der Waals surface area contributed by atoms with Crippen molar-refractivity contribution in [2.45, 2.75) is 19.0 Å². The first-order chi connectivity index (χ1) is 10.8. The van der Waals surface area contributed by atoms with Gasteiger partial charge in [-0.15, -0.1) is 0 Å². The zero-order valence-corrected chi connectivity index (χ0v) is 11.9. The molecule has 22 heavy (non-hydrogen) atoms. The summed E-state index contributed by atoms with van der Waals surface area (Å²) in [5.41, 5.74) is 3.51. The third-order valence-corrected chi connectivity index (χ3v) is 4.86. The van der Waals surface area contributed by atoms with Gasteiger partial charge in [-0.1, -0.05) is 24.3 Å². The summed E-state index contributed by atoms with van der Waals surface area (Å²) in [7, 11) is 0. The van der Waals surface area contributed by atoms with Crippen molar-refractivity contribution in [3.63, 3.8) is 0 Å². The molecule has 5 rings (SSSR count). The topological polar surface area (TPSA) is 52.7 Å². The van der Waals surface area contributed by atoms with E-state index in [9.17, 15) is 4.79 Å². The summed E-state index contributed by atoms with van der Waals surface area (Å²) in [6, 6.07) is 8.35. The number of carbonyl (C=O) groups is 1. The fourth-order valence-electron chi connectivity index (χ4n) is 3.87. The molecule has 0 fully saturated rings. The van der Waals surface area contributed by atoms with E-state index in [1.165, 1.54) is 11.1 Å². The van der Waals surface area contributed by atoms with E-state index in [-0.39, 0.29) is 17.7 Å². The van der Waals surface area contributed by atoms with Gasteiger partial charge in [0.25, 0.3) is 0 Å². The number of aromatic nitrogens is 4. The normalized spacial score (nSPS) is 22.3. The molecule has 0 N–H and O–H groups in total. The number of rotatable bonds is 1. The summed E-state index contributed by atoms with van der Waals surface area (Å²) < 4.78 is 4.10. The van der Waals surface area contributed by atoms with Crippen molar-refractivity contribution in [3.05, 3.63) is 60.6 Å². The lowest BCUT2D eigenvalue weighted by Gasteiger charge is -2.28. The lowest BCUT2D eigenvalue weighted by molar-refractivity contribution is 0.0838. The molecular formula is C17H14N4O. The van der Waals surface area contributed by atoms with Crippen LogP contribution in [0.2, 0.25) is 0 Å². The predicted molar refractivity (Wildman–Crippen MR) is 80.5 cm³/mol. The molecule has 2 aliphatic rings. The van der Waals surface area contributed by atoms with Crippen LogP contribution in [0.5, 0.6) is 0 Å². The van der Waals surface area contributed by atoms with Gasteiger partial charge in [0, 0.05) is 24.5 Å². The van der Waals surface area contributed by atoms with Gasteiger partial charge in [-0.3, -0.25) is 4.79 Å². The lowest BCUT2D eigenvalue weighted by atomic mass is 9.85. The van der Waals surface area contributed by atoms with E-state index in [0.29, 0.717) is 5.82 Å². The van der Waals surface area contributed by atoms with Crippen molar-refractivity contribution in [2.24, 2.45) is 5.92 Å². The highest BCUT2D eigenvalue weighted by Gasteiger charge is 2.40. The molecule has 108 valence electrons. The molecule has 0 bridgehead atoms. The summed E-state index contributed by atoms with van der Waals surface area (Å²) >= 11 is 0. The number of aryl methyl sites for hydroxylation is 1. The fraction of sp³-hybridized carbons (Fsp3) is 0.235. The second-order valence-electron chi connectivity index (χ2n) is 5.92. The highest BCUT2D eigenvalue weighted by Crippen LogP contribution is 2.45. The predicted octanol–water partition coefficient (Wildman–Crippen LogP) is 2.55. The van der Waals surface area contributed by atoms with Gasteiger partial charge in [0.1, 0.15) is 0 Å². The molecule has 0 spiro atoms. The number of fused-ring (bicyclic) bond motifs is 4. The Kier molecular flexibility index (Phi) is 2.25. The molecule has 2 aromatic heterocycles. The fourth-order valence-corrected chi connectivity index (χ4v) is 3.87. The van der Waals surface area contributed by atoms with Crippen LogP contribution in [0.4, 0.5) is 0 Å². The van der Waals surface area contributed by atoms with Crippen molar-refractivity contribution < 1.29 is 4.79 Å². The van der Waals surface area contributed by atoms with E-state index < -0.39 is 0 Å². The number of hydrogen-bond donors (Lipinski definition) is 0. The number of Topliss-reactive ketones (excluding diaryl/α,β-unsaturated/α-hetero) is 1. The quantitative estimate of drug-likeness (QED) is 0.692. The van der Waals surface area contributed by atoms with E-state index in [1.54, 1.807) is 6.20 Å². The molecule has 0 saturated carbocycles. The van der Waals surface area contributed by atoms with Gasteiger partial charge >= 0.3 is 0 Å². The smallest absolute Gasteiger partial charge is 0.203 e. The van der Waals surface area contributed by atoms with Crippen LogP contribution < -0.4 is 0 Å². The average molecular weight is 290 g/mol. The van der Waals surface area contributed by atoms with Crippen molar-refractivity contribution in [2.75, 3.05) is 0 Å². The average Bonchev–Trinajstić information content (AvgIpc) is 3.23. The van der Waals surface area contributed by atoms with E-state index in [0.717, 1.165) is 18.7 Å². The third kappa shape index (κ3) is 1.40. The van der Waals surface area contributed by atoms with Gasteiger partial charge in [0.15, 0.2) is 5.82 Å².